The molecule has 0 amide bonds. The van der Waals surface area contributed by atoms with Crippen LogP contribution in [0.25, 0.3) is 0 Å². The largest absolute Gasteiger partial charge is 0.465 e. The fraction of sp³-hybridized carbons (Fsp3) is 0.824. The van der Waals surface area contributed by atoms with E-state index >= 15 is 0 Å². The van der Waals surface area contributed by atoms with E-state index in [0.717, 1.165) is 6.92 Å². The first kappa shape index (κ1) is 64.3. The molecule has 2 heterocycles. The van der Waals surface area contributed by atoms with Crippen LogP contribution in [0.1, 0.15) is 115 Å². The van der Waals surface area contributed by atoms with E-state index in [0.29, 0.717) is 32.1 Å². The normalized spacial score (nSPS) is 29.2. The molecule has 26 heteroatoms. The molecule has 6 rings (SSSR count). The number of fused-ring (bicyclic) bond motifs is 2. The summed E-state index contributed by atoms with van der Waals surface area (Å²) in [6.07, 6.45) is -12.0. The Bertz CT molecular complexity index is 2150. The molecule has 0 radical (unpaired) electrons. The van der Waals surface area contributed by atoms with Crippen LogP contribution in [0.2, 0.25) is 0 Å². The molecule has 6 fully saturated rings. The van der Waals surface area contributed by atoms with Crippen LogP contribution in [0.3, 0.4) is 0 Å². The van der Waals surface area contributed by atoms with Crippen molar-refractivity contribution < 1.29 is 122 Å². The molecule has 0 aromatic heterocycles. The third-order valence-corrected chi connectivity index (χ3v) is 15.0. The number of carbonyl (C=O) groups is 9. The summed E-state index contributed by atoms with van der Waals surface area (Å²) in [7, 11) is 0. The highest BCUT2D eigenvalue weighted by atomic mass is 19.4. The maximum absolute atomic E-state index is 12.7. The third kappa shape index (κ3) is 15.5. The highest BCUT2D eigenvalue weighted by Crippen LogP contribution is 2.60. The topological polar surface area (TPSA) is 277 Å². The summed E-state index contributed by atoms with van der Waals surface area (Å²) >= 11 is 0. The van der Waals surface area contributed by atoms with E-state index in [2.05, 4.69) is 9.47 Å². The van der Waals surface area contributed by atoms with Gasteiger partial charge in [-0.1, -0.05) is 41.5 Å². The summed E-state index contributed by atoms with van der Waals surface area (Å²) in [6.45, 7) is 15.7. The number of carbonyl (C=O) groups excluding carboxylic acids is 9. The van der Waals surface area contributed by atoms with Crippen molar-refractivity contribution in [2.24, 2.45) is 70.5 Å². The summed E-state index contributed by atoms with van der Waals surface area (Å²) in [5, 5.41) is 19.3. The van der Waals surface area contributed by atoms with Gasteiger partial charge in [-0.3, -0.25) is 33.6 Å². The first-order valence-electron chi connectivity index (χ1n) is 25.6. The number of hydrogen-bond donors (Lipinski definition) is 2. The van der Waals surface area contributed by atoms with Crippen molar-refractivity contribution in [3.8, 4) is 0 Å². The Morgan fingerprint density at radius 2 is 0.909 bits per heavy atom. The molecule has 4 saturated carbocycles. The number of aliphatic hydroxyl groups is 2. The van der Waals surface area contributed by atoms with Crippen molar-refractivity contribution in [1.29, 1.82) is 0 Å². The molecular weight excluding hydrogens is 1050 g/mol. The van der Waals surface area contributed by atoms with Gasteiger partial charge in [0.15, 0.2) is 23.9 Å². The zero-order valence-corrected chi connectivity index (χ0v) is 45.1. The van der Waals surface area contributed by atoms with Gasteiger partial charge in [0.2, 0.25) is 0 Å². The van der Waals surface area contributed by atoms with Gasteiger partial charge in [0.05, 0.1) is 46.8 Å². The smallest absolute Gasteiger partial charge is 0.425 e. The van der Waals surface area contributed by atoms with Gasteiger partial charge in [-0.05, 0) is 73.6 Å². The fourth-order valence-corrected chi connectivity index (χ4v) is 9.85. The van der Waals surface area contributed by atoms with E-state index in [1.807, 2.05) is 20.8 Å². The van der Waals surface area contributed by atoms with E-state index < -0.39 is 155 Å². The van der Waals surface area contributed by atoms with Gasteiger partial charge >= 0.3 is 66.1 Å². The van der Waals surface area contributed by atoms with Gasteiger partial charge in [-0.15, -0.1) is 0 Å². The molecule has 4 aliphatic carbocycles. The minimum atomic E-state index is -4.69. The van der Waals surface area contributed by atoms with E-state index in [-0.39, 0.29) is 49.4 Å². The number of hydrogen-bond acceptors (Lipinski definition) is 20. The van der Waals surface area contributed by atoms with Crippen LogP contribution in [0.4, 0.5) is 26.3 Å². The van der Waals surface area contributed by atoms with Crippen LogP contribution in [0.5, 0.6) is 0 Å². The SMILES string of the molecule is CCC(C)C(=O)OC1C2CC3C1OC(=O)C3C2C(=O)OC(C)C(F)(F)F.CCC(C)C(=O)OC1C2CC3C1OC(=O)C3C2C(=O)OCC(F)(F)F.CCC(C)C(=O)OCC(C)(COC(=O)C(C)(C)O)COC(=O)C(C)(C)O. The van der Waals surface area contributed by atoms with Gasteiger partial charge in [0.25, 0.3) is 0 Å². The molecule has 2 aliphatic heterocycles. The average Bonchev–Trinajstić information content (AvgIpc) is 4.17. The molecule has 2 N–H and O–H groups in total. The van der Waals surface area contributed by atoms with Gasteiger partial charge < -0.3 is 52.8 Å². The van der Waals surface area contributed by atoms with Gasteiger partial charge in [0, 0.05) is 23.7 Å². The minimum Gasteiger partial charge on any atom is -0.465 e. The van der Waals surface area contributed by atoms with Crippen molar-refractivity contribution in [2.45, 2.75) is 169 Å². The van der Waals surface area contributed by atoms with E-state index in [4.69, 9.17) is 33.2 Å². The van der Waals surface area contributed by atoms with Crippen molar-refractivity contribution in [1.82, 2.24) is 0 Å². The highest BCUT2D eigenvalue weighted by Gasteiger charge is 2.72. The van der Waals surface area contributed by atoms with E-state index in [9.17, 15) is 79.7 Å². The van der Waals surface area contributed by atoms with Crippen molar-refractivity contribution >= 4 is 53.7 Å². The summed E-state index contributed by atoms with van der Waals surface area (Å²) in [4.78, 5) is 108. The van der Waals surface area contributed by atoms with Crippen LogP contribution >= 0.6 is 0 Å². The molecule has 0 aromatic rings. The standard InChI is InChI=1S/C18H32O8.C17H21F3O6.C16H19F3O6/c1-8-12(2)13(19)24-9-18(7,10-25-14(20)16(3,4)22)11-26-15(21)17(5,6)23;1-4-6(2)14(21)25-12-8-5-9-11(16(23)26-13(9)12)10(8)15(22)24-7(3)17(18,19)20;1-3-6(2)13(20)24-11-7-4-8-10(15(22)25-12(8)11)9(7)14(21)23-5-16(17,18)19/h12,22-23H,8-11H2,1-7H3;6-13H,4-5H2,1-3H3;6-12H,3-5H2,1-2H3. The lowest BCUT2D eigenvalue weighted by atomic mass is 9.78. The molecular formula is C51H72F6O20. The van der Waals surface area contributed by atoms with Gasteiger partial charge in [-0.2, -0.15) is 26.3 Å². The summed E-state index contributed by atoms with van der Waals surface area (Å²) in [6, 6.07) is 0. The first-order valence-corrected chi connectivity index (χ1v) is 25.6. The Morgan fingerprint density at radius 3 is 1.26 bits per heavy atom. The van der Waals surface area contributed by atoms with Crippen LogP contribution in [-0.4, -0.2) is 144 Å². The molecule has 0 spiro atoms. The molecule has 6 aliphatic rings. The number of halogens is 6. The Morgan fingerprint density at radius 1 is 0.545 bits per heavy atom. The summed E-state index contributed by atoms with van der Waals surface area (Å²) in [5.41, 5.74) is -4.40. The minimum absolute atomic E-state index is 0.158. The molecule has 16 unspecified atom stereocenters. The molecule has 16 atom stereocenters. The van der Waals surface area contributed by atoms with E-state index in [1.54, 1.807) is 27.7 Å². The fourth-order valence-electron chi connectivity index (χ4n) is 9.85. The Labute approximate surface area is 441 Å². The Kier molecular flexibility index (Phi) is 20.7. The van der Waals surface area contributed by atoms with Crippen molar-refractivity contribution in [3.63, 3.8) is 0 Å². The van der Waals surface area contributed by atoms with Crippen molar-refractivity contribution in [3.05, 3.63) is 0 Å². The number of alkyl halides is 6. The average molecular weight is 1120 g/mol. The molecule has 438 valence electrons. The zero-order chi connectivity index (χ0) is 58.7. The number of esters is 9. The maximum Gasteiger partial charge on any atom is 0.425 e. The summed E-state index contributed by atoms with van der Waals surface area (Å²) < 4.78 is 121. The van der Waals surface area contributed by atoms with Crippen LogP contribution < -0.4 is 0 Å². The predicted octanol–water partition coefficient (Wildman–Crippen LogP) is 5.31. The molecule has 20 nitrogen and oxygen atoms in total. The van der Waals surface area contributed by atoms with Crippen LogP contribution in [-0.2, 0) is 85.8 Å². The molecule has 77 heavy (non-hydrogen) atoms. The van der Waals surface area contributed by atoms with Crippen LogP contribution in [0, 0.1) is 70.5 Å². The first-order chi connectivity index (χ1) is 35.3. The second kappa shape index (κ2) is 24.8. The third-order valence-electron chi connectivity index (χ3n) is 15.0. The Hall–Kier alpha value is -5.27. The number of ether oxygens (including phenoxy) is 9. The highest BCUT2D eigenvalue weighted by molar-refractivity contribution is 5.87. The maximum atomic E-state index is 12.7. The van der Waals surface area contributed by atoms with Gasteiger partial charge in [-0.25, -0.2) is 9.59 Å². The molecule has 2 saturated heterocycles. The lowest BCUT2D eigenvalue weighted by Gasteiger charge is -2.31. The predicted molar refractivity (Wildman–Crippen MR) is 247 cm³/mol. The quantitative estimate of drug-likeness (QED) is 0.0887. The Balaban J connectivity index is 0.000000249. The lowest BCUT2D eigenvalue weighted by Crippen LogP contribution is -2.45. The molecule has 4 bridgehead atoms. The molecule has 0 aromatic carbocycles. The van der Waals surface area contributed by atoms with E-state index in [1.165, 1.54) is 27.7 Å². The summed E-state index contributed by atoms with van der Waals surface area (Å²) in [5.74, 6) is -13.1. The zero-order valence-electron chi connectivity index (χ0n) is 45.1. The van der Waals surface area contributed by atoms with Gasteiger partial charge in [0.1, 0.15) is 44.2 Å². The van der Waals surface area contributed by atoms with Crippen molar-refractivity contribution in [2.75, 3.05) is 26.4 Å². The lowest BCUT2D eigenvalue weighted by molar-refractivity contribution is -0.220. The monoisotopic (exact) mass is 1120 g/mol. The number of rotatable bonds is 20. The second-order valence-electron chi connectivity index (χ2n) is 22.3. The van der Waals surface area contributed by atoms with Crippen LogP contribution in [0.15, 0.2) is 0 Å². The second-order valence-corrected chi connectivity index (χ2v) is 22.3.